The highest BCUT2D eigenvalue weighted by atomic mass is 19.1. The summed E-state index contributed by atoms with van der Waals surface area (Å²) in [6.07, 6.45) is 0.281. The van der Waals surface area contributed by atoms with Gasteiger partial charge in [-0.1, -0.05) is 12.1 Å². The zero-order chi connectivity index (χ0) is 13.4. The summed E-state index contributed by atoms with van der Waals surface area (Å²) < 4.78 is 12.9. The first-order chi connectivity index (χ1) is 8.63. The zero-order valence-electron chi connectivity index (χ0n) is 10.4. The van der Waals surface area contributed by atoms with Crippen LogP contribution in [0.15, 0.2) is 24.3 Å². The molecule has 1 aromatic rings. The smallest absolute Gasteiger partial charge is 0.220 e. The minimum Gasteiger partial charge on any atom is -0.387 e. The van der Waals surface area contributed by atoms with Gasteiger partial charge in [0.1, 0.15) is 5.82 Å². The van der Waals surface area contributed by atoms with Crippen LogP contribution < -0.4 is 10.6 Å². The molecular weight excluding hydrogens is 235 g/mol. The molecule has 0 saturated carbocycles. The first-order valence-electron chi connectivity index (χ1n) is 5.98. The zero-order valence-corrected chi connectivity index (χ0v) is 10.4. The van der Waals surface area contributed by atoms with E-state index in [1.807, 2.05) is 7.05 Å². The summed E-state index contributed by atoms with van der Waals surface area (Å²) >= 11 is 0. The molecule has 3 N–H and O–H groups in total. The number of aliphatic hydroxyl groups excluding tert-OH is 1. The molecule has 0 spiro atoms. The predicted molar refractivity (Wildman–Crippen MR) is 67.5 cm³/mol. The topological polar surface area (TPSA) is 61.4 Å². The van der Waals surface area contributed by atoms with E-state index in [4.69, 9.17) is 0 Å². The average molecular weight is 254 g/mol. The third-order valence-electron chi connectivity index (χ3n) is 2.56. The Morgan fingerprint density at radius 3 is 2.94 bits per heavy atom. The second-order valence-electron chi connectivity index (χ2n) is 4.08. The van der Waals surface area contributed by atoms with Crippen molar-refractivity contribution in [3.05, 3.63) is 35.6 Å². The molecule has 1 atom stereocenters. The van der Waals surface area contributed by atoms with Gasteiger partial charge in [0.25, 0.3) is 0 Å². The van der Waals surface area contributed by atoms with Crippen molar-refractivity contribution in [3.8, 4) is 0 Å². The normalized spacial score (nSPS) is 12.2. The molecule has 100 valence electrons. The van der Waals surface area contributed by atoms with Crippen molar-refractivity contribution >= 4 is 5.91 Å². The standard InChI is InChI=1S/C13H19FN2O2/c1-15-7-3-6-13(18)16-9-12(17)10-4-2-5-11(14)8-10/h2,4-5,8,12,15,17H,3,6-7,9H2,1H3,(H,16,18). The second kappa shape index (κ2) is 7.79. The Labute approximate surface area is 106 Å². The van der Waals surface area contributed by atoms with E-state index < -0.39 is 11.9 Å². The SMILES string of the molecule is CNCCCC(=O)NCC(O)c1cccc(F)c1. The highest BCUT2D eigenvalue weighted by Crippen LogP contribution is 2.12. The van der Waals surface area contributed by atoms with Gasteiger partial charge < -0.3 is 15.7 Å². The molecule has 1 aromatic carbocycles. The molecule has 1 amide bonds. The van der Waals surface area contributed by atoms with Crippen molar-refractivity contribution in [2.75, 3.05) is 20.1 Å². The van der Waals surface area contributed by atoms with Crippen LogP contribution in [0.2, 0.25) is 0 Å². The number of carbonyl (C=O) groups is 1. The minimum atomic E-state index is -0.881. The molecule has 0 radical (unpaired) electrons. The van der Waals surface area contributed by atoms with Gasteiger partial charge >= 0.3 is 0 Å². The van der Waals surface area contributed by atoms with E-state index in [1.54, 1.807) is 6.07 Å². The number of halogens is 1. The third kappa shape index (κ3) is 5.25. The summed E-state index contributed by atoms with van der Waals surface area (Å²) in [5, 5.41) is 15.3. The van der Waals surface area contributed by atoms with Gasteiger partial charge in [-0.05, 0) is 37.7 Å². The largest absolute Gasteiger partial charge is 0.387 e. The molecule has 1 unspecified atom stereocenters. The summed E-state index contributed by atoms with van der Waals surface area (Å²) in [5.74, 6) is -0.507. The van der Waals surface area contributed by atoms with Crippen LogP contribution in [-0.2, 0) is 4.79 Å². The predicted octanol–water partition coefficient (Wildman–Crippen LogP) is 0.975. The summed E-state index contributed by atoms with van der Waals surface area (Å²) in [6, 6.07) is 5.73. The highest BCUT2D eigenvalue weighted by molar-refractivity contribution is 5.75. The summed E-state index contributed by atoms with van der Waals surface area (Å²) in [4.78, 5) is 11.4. The van der Waals surface area contributed by atoms with Gasteiger partial charge in [0, 0.05) is 13.0 Å². The molecule has 0 saturated heterocycles. The molecule has 0 fully saturated rings. The first-order valence-corrected chi connectivity index (χ1v) is 5.98. The van der Waals surface area contributed by atoms with Crippen LogP contribution in [0.3, 0.4) is 0 Å². The Bertz CT molecular complexity index is 385. The molecule has 5 heteroatoms. The van der Waals surface area contributed by atoms with Gasteiger partial charge in [0.15, 0.2) is 0 Å². The maximum absolute atomic E-state index is 12.9. The fourth-order valence-corrected chi connectivity index (χ4v) is 1.56. The fraction of sp³-hybridized carbons (Fsp3) is 0.462. The first kappa shape index (κ1) is 14.6. The Morgan fingerprint density at radius 1 is 1.50 bits per heavy atom. The van der Waals surface area contributed by atoms with Gasteiger partial charge in [-0.25, -0.2) is 4.39 Å². The van der Waals surface area contributed by atoms with Gasteiger partial charge in [0.05, 0.1) is 6.10 Å². The van der Waals surface area contributed by atoms with E-state index in [0.717, 1.165) is 13.0 Å². The number of aliphatic hydroxyl groups is 1. The van der Waals surface area contributed by atoms with Crippen molar-refractivity contribution in [2.45, 2.75) is 18.9 Å². The van der Waals surface area contributed by atoms with E-state index >= 15 is 0 Å². The van der Waals surface area contributed by atoms with Gasteiger partial charge in [-0.3, -0.25) is 4.79 Å². The molecule has 0 aliphatic carbocycles. The average Bonchev–Trinajstić information content (AvgIpc) is 2.36. The lowest BCUT2D eigenvalue weighted by atomic mass is 10.1. The number of nitrogens with one attached hydrogen (secondary N) is 2. The van der Waals surface area contributed by atoms with Crippen LogP contribution in [0.5, 0.6) is 0 Å². The third-order valence-corrected chi connectivity index (χ3v) is 2.56. The molecule has 4 nitrogen and oxygen atoms in total. The molecule has 0 aliphatic heterocycles. The van der Waals surface area contributed by atoms with Crippen LogP contribution in [-0.4, -0.2) is 31.2 Å². The lowest BCUT2D eigenvalue weighted by Gasteiger charge is -2.12. The molecular formula is C13H19FN2O2. The molecule has 0 aromatic heterocycles. The van der Waals surface area contributed by atoms with E-state index in [2.05, 4.69) is 10.6 Å². The molecule has 0 heterocycles. The van der Waals surface area contributed by atoms with Crippen LogP contribution in [0.25, 0.3) is 0 Å². The summed E-state index contributed by atoms with van der Waals surface area (Å²) in [7, 11) is 1.83. The van der Waals surface area contributed by atoms with Gasteiger partial charge in [-0.15, -0.1) is 0 Å². The fourth-order valence-electron chi connectivity index (χ4n) is 1.56. The van der Waals surface area contributed by atoms with Crippen LogP contribution >= 0.6 is 0 Å². The van der Waals surface area contributed by atoms with E-state index in [9.17, 15) is 14.3 Å². The van der Waals surface area contributed by atoms with E-state index in [1.165, 1.54) is 18.2 Å². The van der Waals surface area contributed by atoms with Crippen LogP contribution in [0.4, 0.5) is 4.39 Å². The van der Waals surface area contributed by atoms with Crippen molar-refractivity contribution in [1.82, 2.24) is 10.6 Å². The molecule has 18 heavy (non-hydrogen) atoms. The lowest BCUT2D eigenvalue weighted by molar-refractivity contribution is -0.121. The van der Waals surface area contributed by atoms with E-state index in [0.29, 0.717) is 12.0 Å². The number of carbonyl (C=O) groups excluding carboxylic acids is 1. The Hall–Kier alpha value is -1.46. The quantitative estimate of drug-likeness (QED) is 0.636. The number of hydrogen-bond donors (Lipinski definition) is 3. The Balaban J connectivity index is 2.32. The highest BCUT2D eigenvalue weighted by Gasteiger charge is 2.09. The maximum atomic E-state index is 12.9. The maximum Gasteiger partial charge on any atom is 0.220 e. The second-order valence-corrected chi connectivity index (χ2v) is 4.08. The number of benzene rings is 1. The van der Waals surface area contributed by atoms with Crippen molar-refractivity contribution < 1.29 is 14.3 Å². The van der Waals surface area contributed by atoms with Crippen molar-refractivity contribution in [2.24, 2.45) is 0 Å². The number of rotatable bonds is 7. The lowest BCUT2D eigenvalue weighted by Crippen LogP contribution is -2.28. The molecule has 0 aliphatic rings. The van der Waals surface area contributed by atoms with Gasteiger partial charge in [0.2, 0.25) is 5.91 Å². The van der Waals surface area contributed by atoms with Crippen LogP contribution in [0, 0.1) is 5.82 Å². The Kier molecular flexibility index (Phi) is 6.32. The van der Waals surface area contributed by atoms with Crippen molar-refractivity contribution in [1.29, 1.82) is 0 Å². The van der Waals surface area contributed by atoms with E-state index in [-0.39, 0.29) is 12.5 Å². The molecule has 1 rings (SSSR count). The number of amides is 1. The van der Waals surface area contributed by atoms with Crippen LogP contribution in [0.1, 0.15) is 24.5 Å². The summed E-state index contributed by atoms with van der Waals surface area (Å²) in [6.45, 7) is 0.877. The Morgan fingerprint density at radius 2 is 2.28 bits per heavy atom. The minimum absolute atomic E-state index is 0.0990. The number of hydrogen-bond acceptors (Lipinski definition) is 3. The monoisotopic (exact) mass is 254 g/mol. The van der Waals surface area contributed by atoms with Crippen molar-refractivity contribution in [3.63, 3.8) is 0 Å². The summed E-state index contributed by atoms with van der Waals surface area (Å²) in [5.41, 5.74) is 0.463. The van der Waals surface area contributed by atoms with Gasteiger partial charge in [-0.2, -0.15) is 0 Å². The molecule has 0 bridgehead atoms.